The van der Waals surface area contributed by atoms with Crippen molar-refractivity contribution in [2.45, 2.75) is 19.3 Å². The van der Waals surface area contributed by atoms with Crippen molar-refractivity contribution < 1.29 is 13.6 Å². The smallest absolute Gasteiger partial charge is 0.284 e. The number of nitrogens with one attached hydrogen (secondary N) is 1. The fourth-order valence-electron chi connectivity index (χ4n) is 3.82. The predicted molar refractivity (Wildman–Crippen MR) is 122 cm³/mol. The Labute approximate surface area is 187 Å². The second-order valence-electron chi connectivity index (χ2n) is 7.54. The van der Waals surface area contributed by atoms with Gasteiger partial charge in [0.1, 0.15) is 23.1 Å². The number of carbonyl (C=O) groups is 1. The fourth-order valence-corrected chi connectivity index (χ4v) is 4.88. The molecular weight excluding hydrogens is 430 g/mol. The van der Waals surface area contributed by atoms with E-state index in [1.54, 1.807) is 12.3 Å². The highest BCUT2D eigenvalue weighted by Gasteiger charge is 2.23. The van der Waals surface area contributed by atoms with Crippen molar-refractivity contribution in [3.05, 3.63) is 82.6 Å². The number of amides is 1. The highest BCUT2D eigenvalue weighted by atomic mass is 32.1. The second-order valence-corrected chi connectivity index (χ2v) is 8.54. The number of aromatic nitrogens is 2. The molecule has 0 fully saturated rings. The molecule has 3 N–H and O–H groups in total. The molecule has 0 bridgehead atoms. The van der Waals surface area contributed by atoms with Gasteiger partial charge < -0.3 is 11.1 Å². The molecule has 5 rings (SSSR count). The van der Waals surface area contributed by atoms with Crippen LogP contribution in [0.4, 0.5) is 20.3 Å². The Balaban J connectivity index is 1.52. The van der Waals surface area contributed by atoms with E-state index in [-0.39, 0.29) is 5.01 Å². The number of rotatable bonds is 3. The molecule has 0 saturated carbocycles. The van der Waals surface area contributed by atoms with Crippen molar-refractivity contribution in [3.63, 3.8) is 0 Å². The predicted octanol–water partition coefficient (Wildman–Crippen LogP) is 5.47. The van der Waals surface area contributed by atoms with Crippen LogP contribution in [0.2, 0.25) is 0 Å². The zero-order chi connectivity index (χ0) is 22.2. The van der Waals surface area contributed by atoms with Gasteiger partial charge in [-0.05, 0) is 66.3 Å². The van der Waals surface area contributed by atoms with Crippen LogP contribution in [0.5, 0.6) is 0 Å². The standard InChI is InChI=1S/C24H18F2N4OS/c25-17-4-2-5-18(26)21(17)30-23(31)24-29-19-6-1-3-13-7-8-14(11-16(13)22(19)32-24)15-9-10-20(27)28-12-15/h2,4-5,7-12H,1,3,6H2,(H2,27,28)(H,30,31). The third-order valence-electron chi connectivity index (χ3n) is 5.43. The molecule has 2 aromatic heterocycles. The summed E-state index contributed by atoms with van der Waals surface area (Å²) >= 11 is 1.23. The van der Waals surface area contributed by atoms with Gasteiger partial charge in [0.2, 0.25) is 0 Å². The molecule has 1 aliphatic rings. The number of benzene rings is 2. The van der Waals surface area contributed by atoms with Gasteiger partial charge >= 0.3 is 0 Å². The van der Waals surface area contributed by atoms with Gasteiger partial charge in [-0.3, -0.25) is 4.79 Å². The van der Waals surface area contributed by atoms with E-state index < -0.39 is 23.2 Å². The van der Waals surface area contributed by atoms with Crippen LogP contribution in [-0.4, -0.2) is 15.9 Å². The molecule has 0 atom stereocenters. The number of aryl methyl sites for hydroxylation is 2. The maximum Gasteiger partial charge on any atom is 0.284 e. The molecule has 2 heterocycles. The lowest BCUT2D eigenvalue weighted by Crippen LogP contribution is -2.14. The number of para-hydroxylation sites is 1. The molecule has 5 nitrogen and oxygen atoms in total. The molecule has 2 aromatic carbocycles. The molecule has 0 unspecified atom stereocenters. The van der Waals surface area contributed by atoms with E-state index in [0.29, 0.717) is 5.82 Å². The Hall–Kier alpha value is -3.65. The van der Waals surface area contributed by atoms with E-state index in [9.17, 15) is 13.6 Å². The molecule has 0 saturated heterocycles. The lowest BCUT2D eigenvalue weighted by molar-refractivity contribution is 0.102. The van der Waals surface area contributed by atoms with E-state index in [4.69, 9.17) is 5.73 Å². The van der Waals surface area contributed by atoms with Gasteiger partial charge in [0, 0.05) is 11.8 Å². The maximum absolute atomic E-state index is 14.0. The Morgan fingerprint density at radius 1 is 1.03 bits per heavy atom. The third kappa shape index (κ3) is 3.73. The molecule has 1 amide bonds. The Kier molecular flexibility index (Phi) is 5.14. The van der Waals surface area contributed by atoms with Crippen LogP contribution in [0.1, 0.15) is 27.5 Å². The zero-order valence-electron chi connectivity index (χ0n) is 16.9. The first-order chi connectivity index (χ1) is 15.5. The van der Waals surface area contributed by atoms with Gasteiger partial charge in [0.15, 0.2) is 5.01 Å². The van der Waals surface area contributed by atoms with E-state index >= 15 is 0 Å². The van der Waals surface area contributed by atoms with Crippen LogP contribution in [0.25, 0.3) is 21.6 Å². The second kappa shape index (κ2) is 8.12. The first kappa shape index (κ1) is 20.3. The minimum atomic E-state index is -0.830. The summed E-state index contributed by atoms with van der Waals surface area (Å²) in [5.74, 6) is -1.84. The van der Waals surface area contributed by atoms with Crippen LogP contribution < -0.4 is 11.1 Å². The lowest BCUT2D eigenvalue weighted by atomic mass is 9.98. The molecule has 8 heteroatoms. The summed E-state index contributed by atoms with van der Waals surface area (Å²) in [6, 6.07) is 13.3. The summed E-state index contributed by atoms with van der Waals surface area (Å²) in [6.45, 7) is 0. The van der Waals surface area contributed by atoms with Crippen molar-refractivity contribution in [3.8, 4) is 21.6 Å². The van der Waals surface area contributed by atoms with Gasteiger partial charge in [-0.15, -0.1) is 11.3 Å². The summed E-state index contributed by atoms with van der Waals surface area (Å²) in [7, 11) is 0. The van der Waals surface area contributed by atoms with Gasteiger partial charge in [-0.25, -0.2) is 18.7 Å². The quantitative estimate of drug-likeness (QED) is 0.435. The lowest BCUT2D eigenvalue weighted by Gasteiger charge is -2.09. The largest absolute Gasteiger partial charge is 0.384 e. The molecule has 0 radical (unpaired) electrons. The highest BCUT2D eigenvalue weighted by molar-refractivity contribution is 7.17. The molecule has 1 aliphatic carbocycles. The molecule has 0 spiro atoms. The number of nitrogens with zero attached hydrogens (tertiary/aromatic N) is 2. The van der Waals surface area contributed by atoms with Crippen molar-refractivity contribution in [1.82, 2.24) is 9.97 Å². The Morgan fingerprint density at radius 2 is 1.81 bits per heavy atom. The van der Waals surface area contributed by atoms with Crippen molar-refractivity contribution in [2.75, 3.05) is 11.1 Å². The summed E-state index contributed by atoms with van der Waals surface area (Å²) < 4.78 is 27.9. The fraction of sp³-hybridized carbons (Fsp3) is 0.125. The summed E-state index contributed by atoms with van der Waals surface area (Å²) in [5.41, 5.74) is 10.2. The van der Waals surface area contributed by atoms with E-state index in [0.717, 1.165) is 58.7 Å². The first-order valence-corrected chi connectivity index (χ1v) is 10.9. The SMILES string of the molecule is Nc1ccc(-c2ccc3c(c2)-c2sc(C(=O)Nc4c(F)cccc4F)nc2CCC3)cn1. The molecule has 160 valence electrons. The average molecular weight is 448 g/mol. The number of pyridine rings is 1. The van der Waals surface area contributed by atoms with Gasteiger partial charge in [0.05, 0.1) is 10.6 Å². The number of nitrogens with two attached hydrogens (primary N) is 1. The molecular formula is C24H18F2N4OS. The van der Waals surface area contributed by atoms with E-state index in [1.807, 2.05) is 12.1 Å². The number of anilines is 2. The number of hydrogen-bond acceptors (Lipinski definition) is 5. The van der Waals surface area contributed by atoms with Crippen molar-refractivity contribution in [2.24, 2.45) is 0 Å². The van der Waals surface area contributed by atoms with Gasteiger partial charge in [0.25, 0.3) is 5.91 Å². The van der Waals surface area contributed by atoms with Crippen LogP contribution in [0.3, 0.4) is 0 Å². The van der Waals surface area contributed by atoms with Gasteiger partial charge in [-0.1, -0.05) is 18.2 Å². The topological polar surface area (TPSA) is 80.9 Å². The van der Waals surface area contributed by atoms with Crippen LogP contribution in [-0.2, 0) is 12.8 Å². The van der Waals surface area contributed by atoms with Crippen LogP contribution in [0, 0.1) is 11.6 Å². The number of carbonyl (C=O) groups excluding carboxylic acids is 1. The summed E-state index contributed by atoms with van der Waals surface area (Å²) in [6.07, 6.45) is 4.25. The monoisotopic (exact) mass is 448 g/mol. The van der Waals surface area contributed by atoms with E-state index in [2.05, 4.69) is 27.4 Å². The van der Waals surface area contributed by atoms with Crippen LogP contribution >= 0.6 is 11.3 Å². The number of hydrogen-bond donors (Lipinski definition) is 2. The number of halogens is 2. The molecule has 32 heavy (non-hydrogen) atoms. The summed E-state index contributed by atoms with van der Waals surface area (Å²) in [4.78, 5) is 22.3. The Bertz CT molecular complexity index is 1310. The maximum atomic E-state index is 14.0. The minimum absolute atomic E-state index is 0.171. The zero-order valence-corrected chi connectivity index (χ0v) is 17.7. The first-order valence-electron chi connectivity index (χ1n) is 10.1. The summed E-state index contributed by atoms with van der Waals surface area (Å²) in [5, 5.41) is 2.50. The average Bonchev–Trinajstić information content (AvgIpc) is 3.14. The molecule has 4 aromatic rings. The number of fused-ring (bicyclic) bond motifs is 3. The highest BCUT2D eigenvalue weighted by Crippen LogP contribution is 2.39. The van der Waals surface area contributed by atoms with Crippen LogP contribution in [0.15, 0.2) is 54.7 Å². The van der Waals surface area contributed by atoms with Gasteiger partial charge in [-0.2, -0.15) is 0 Å². The molecule has 0 aliphatic heterocycles. The Morgan fingerprint density at radius 3 is 2.56 bits per heavy atom. The normalized spacial score (nSPS) is 12.6. The number of thiazole rings is 1. The van der Waals surface area contributed by atoms with E-state index in [1.165, 1.54) is 23.0 Å². The van der Waals surface area contributed by atoms with Crippen molar-refractivity contribution in [1.29, 1.82) is 0 Å². The van der Waals surface area contributed by atoms with Crippen molar-refractivity contribution >= 4 is 28.7 Å². The third-order valence-corrected chi connectivity index (χ3v) is 6.56. The minimum Gasteiger partial charge on any atom is -0.384 e. The number of nitrogen functional groups attached to an aromatic ring is 1.